The lowest BCUT2D eigenvalue weighted by atomic mass is 10.1. The molecule has 0 radical (unpaired) electrons. The number of nitrogens with two attached hydrogens (primary N) is 4. The molecule has 3 rings (SSSR count). The molecule has 0 fully saturated rings. The summed E-state index contributed by atoms with van der Waals surface area (Å²) in [6, 6.07) is 4.00. The van der Waals surface area contributed by atoms with E-state index in [0.717, 1.165) is 30.6 Å². The lowest BCUT2D eigenvalue weighted by Crippen LogP contribution is -2.26. The zero-order valence-corrected chi connectivity index (χ0v) is 11.1. The fraction of sp³-hybridized carbons (Fsp3) is 0. The highest BCUT2D eigenvalue weighted by Gasteiger charge is 2.10. The van der Waals surface area contributed by atoms with Gasteiger partial charge in [0.1, 0.15) is 11.6 Å². The number of rotatable bonds is 0. The van der Waals surface area contributed by atoms with Crippen LogP contribution >= 0.6 is 22.7 Å². The Kier molecular flexibility index (Phi) is 2.36. The maximum Gasteiger partial charge on any atom is 0.103 e. The van der Waals surface area contributed by atoms with Crippen LogP contribution in [0.2, 0.25) is 0 Å². The van der Waals surface area contributed by atoms with Crippen molar-refractivity contribution in [1.82, 2.24) is 0 Å². The third kappa shape index (κ3) is 1.36. The van der Waals surface area contributed by atoms with Crippen LogP contribution in [0.5, 0.6) is 0 Å². The van der Waals surface area contributed by atoms with Gasteiger partial charge in [-0.3, -0.25) is 0 Å². The molecule has 92 valence electrons. The van der Waals surface area contributed by atoms with Gasteiger partial charge in [0, 0.05) is 30.6 Å². The average molecular weight is 276 g/mol. The number of fused-ring (bicyclic) bond motifs is 2. The molecule has 0 aliphatic carbocycles. The molecule has 0 unspecified atom stereocenters. The van der Waals surface area contributed by atoms with E-state index < -0.39 is 0 Å². The standard InChI is InChI=1S/C12H12N4S2/c13-11(14)7-5-1-3-17-9(5)8(12(15)16)6-2-4-18-10(6)7/h1-4H,13-16H2. The topological polar surface area (TPSA) is 104 Å². The summed E-state index contributed by atoms with van der Waals surface area (Å²) in [6.45, 7) is 0. The summed E-state index contributed by atoms with van der Waals surface area (Å²) in [5.74, 6) is 0.654. The van der Waals surface area contributed by atoms with Crippen LogP contribution in [0.15, 0.2) is 22.9 Å². The van der Waals surface area contributed by atoms with Crippen LogP contribution in [-0.4, -0.2) is 0 Å². The molecular formula is C12H12N4S2. The molecule has 4 nitrogen and oxygen atoms in total. The van der Waals surface area contributed by atoms with Gasteiger partial charge < -0.3 is 22.9 Å². The summed E-state index contributed by atoms with van der Waals surface area (Å²) in [5, 5.41) is 7.79. The van der Waals surface area contributed by atoms with Crippen molar-refractivity contribution < 1.29 is 0 Å². The third-order valence-electron chi connectivity index (χ3n) is 2.90. The van der Waals surface area contributed by atoms with E-state index in [9.17, 15) is 0 Å². The Labute approximate surface area is 111 Å². The summed E-state index contributed by atoms with van der Waals surface area (Å²) in [6.07, 6.45) is 0. The van der Waals surface area contributed by atoms with Crippen molar-refractivity contribution in [1.29, 1.82) is 0 Å². The number of hydrogen-bond donors (Lipinski definition) is 4. The van der Waals surface area contributed by atoms with E-state index in [2.05, 4.69) is 0 Å². The van der Waals surface area contributed by atoms with Crippen LogP contribution in [0.1, 0.15) is 0 Å². The summed E-state index contributed by atoms with van der Waals surface area (Å²) in [5.41, 5.74) is 23.3. The normalized spacial score (nSPS) is 11.1. The number of benzene rings is 1. The predicted octanol–water partition coefficient (Wildman–Crippen LogP) is 0.0822. The molecule has 0 aliphatic rings. The Hall–Kier alpha value is -1.92. The molecule has 2 heterocycles. The van der Waals surface area contributed by atoms with Crippen molar-refractivity contribution in [2.24, 2.45) is 22.9 Å². The fourth-order valence-electron chi connectivity index (χ4n) is 2.22. The highest BCUT2D eigenvalue weighted by molar-refractivity contribution is 7.18. The highest BCUT2D eigenvalue weighted by Crippen LogP contribution is 2.22. The molecule has 0 saturated carbocycles. The van der Waals surface area contributed by atoms with Gasteiger partial charge in [-0.15, -0.1) is 22.7 Å². The van der Waals surface area contributed by atoms with Gasteiger partial charge in [-0.05, 0) is 22.9 Å². The lowest BCUT2D eigenvalue weighted by Gasteiger charge is -2.02. The second-order valence-corrected chi connectivity index (χ2v) is 5.82. The summed E-state index contributed by atoms with van der Waals surface area (Å²) in [4.78, 5) is 0. The monoisotopic (exact) mass is 276 g/mol. The zero-order valence-electron chi connectivity index (χ0n) is 9.44. The van der Waals surface area contributed by atoms with Crippen molar-refractivity contribution in [2.45, 2.75) is 0 Å². The van der Waals surface area contributed by atoms with E-state index >= 15 is 0 Å². The quantitative estimate of drug-likeness (QED) is 0.467. The van der Waals surface area contributed by atoms with Crippen LogP contribution < -0.4 is 33.4 Å². The first-order valence-corrected chi connectivity index (χ1v) is 7.04. The Morgan fingerprint density at radius 3 is 1.44 bits per heavy atom. The Balaban J connectivity index is 2.87. The van der Waals surface area contributed by atoms with Crippen LogP contribution in [0, 0.1) is 0 Å². The first kappa shape index (κ1) is 11.2. The summed E-state index contributed by atoms with van der Waals surface area (Å²) >= 11 is 3.18. The van der Waals surface area contributed by atoms with Gasteiger partial charge in [0.15, 0.2) is 0 Å². The van der Waals surface area contributed by atoms with Crippen molar-refractivity contribution in [3.05, 3.63) is 33.3 Å². The Bertz CT molecular complexity index is 738. The predicted molar refractivity (Wildman–Crippen MR) is 80.0 cm³/mol. The second kappa shape index (κ2) is 3.79. The molecule has 0 bridgehead atoms. The molecular weight excluding hydrogens is 264 g/mol. The molecule has 3 aromatic rings. The van der Waals surface area contributed by atoms with Crippen LogP contribution in [0.3, 0.4) is 0 Å². The van der Waals surface area contributed by atoms with Gasteiger partial charge in [0.25, 0.3) is 0 Å². The molecule has 18 heavy (non-hydrogen) atoms. The maximum absolute atomic E-state index is 5.83. The van der Waals surface area contributed by atoms with Crippen LogP contribution in [-0.2, 0) is 0 Å². The van der Waals surface area contributed by atoms with Crippen molar-refractivity contribution in [3.63, 3.8) is 0 Å². The molecule has 1 aromatic carbocycles. The van der Waals surface area contributed by atoms with E-state index in [1.165, 1.54) is 0 Å². The highest BCUT2D eigenvalue weighted by atomic mass is 32.1. The third-order valence-corrected chi connectivity index (χ3v) is 4.76. The molecule has 2 aromatic heterocycles. The Morgan fingerprint density at radius 1 is 0.722 bits per heavy atom. The molecule has 0 amide bonds. The molecule has 0 aliphatic heterocycles. The van der Waals surface area contributed by atoms with Gasteiger partial charge >= 0.3 is 0 Å². The van der Waals surface area contributed by atoms with Gasteiger partial charge in [-0.1, -0.05) is 0 Å². The van der Waals surface area contributed by atoms with E-state index in [4.69, 9.17) is 22.9 Å². The van der Waals surface area contributed by atoms with E-state index in [-0.39, 0.29) is 0 Å². The van der Waals surface area contributed by atoms with Gasteiger partial charge in [0.2, 0.25) is 0 Å². The second-order valence-electron chi connectivity index (χ2n) is 3.99. The Morgan fingerprint density at radius 2 is 1.11 bits per heavy atom. The lowest BCUT2D eigenvalue weighted by molar-refractivity contribution is 1.42. The van der Waals surface area contributed by atoms with E-state index in [0.29, 0.717) is 11.6 Å². The summed E-state index contributed by atoms with van der Waals surface area (Å²) < 4.78 is 2.06. The van der Waals surface area contributed by atoms with Gasteiger partial charge in [-0.25, -0.2) is 0 Å². The molecule has 0 saturated heterocycles. The fourth-order valence-corrected chi connectivity index (χ4v) is 4.18. The van der Waals surface area contributed by atoms with Crippen LogP contribution in [0.25, 0.3) is 31.8 Å². The SMILES string of the molecule is NC(N)=c1c2ccsc2c(=C(N)N)c2ccsc12. The van der Waals surface area contributed by atoms with E-state index in [1.807, 2.05) is 22.9 Å². The first-order valence-electron chi connectivity index (χ1n) is 5.28. The van der Waals surface area contributed by atoms with Crippen molar-refractivity contribution in [2.75, 3.05) is 0 Å². The van der Waals surface area contributed by atoms with Gasteiger partial charge in [0.05, 0.1) is 0 Å². The maximum atomic E-state index is 5.83. The number of thiophene rings is 2. The zero-order chi connectivity index (χ0) is 12.9. The summed E-state index contributed by atoms with van der Waals surface area (Å²) in [7, 11) is 0. The minimum absolute atomic E-state index is 0.327. The van der Waals surface area contributed by atoms with Gasteiger partial charge in [-0.2, -0.15) is 0 Å². The first-order chi connectivity index (χ1) is 8.61. The minimum atomic E-state index is 0.327. The number of hydrogen-bond acceptors (Lipinski definition) is 6. The van der Waals surface area contributed by atoms with E-state index in [1.54, 1.807) is 22.7 Å². The molecule has 6 heteroatoms. The molecule has 8 N–H and O–H groups in total. The average Bonchev–Trinajstić information content (AvgIpc) is 2.91. The molecule has 0 atom stereocenters. The minimum Gasteiger partial charge on any atom is -0.385 e. The molecule has 0 spiro atoms. The van der Waals surface area contributed by atoms with Crippen molar-refractivity contribution >= 4 is 54.5 Å². The smallest absolute Gasteiger partial charge is 0.103 e. The van der Waals surface area contributed by atoms with Crippen molar-refractivity contribution in [3.8, 4) is 0 Å². The largest absolute Gasteiger partial charge is 0.385 e. The van der Waals surface area contributed by atoms with Crippen LogP contribution in [0.4, 0.5) is 0 Å².